The van der Waals surface area contributed by atoms with Gasteiger partial charge in [-0.15, -0.1) is 0 Å². The topological polar surface area (TPSA) is 54.3 Å². The predicted molar refractivity (Wildman–Crippen MR) is 82.7 cm³/mol. The summed E-state index contributed by atoms with van der Waals surface area (Å²) in [7, 11) is 0. The first-order chi connectivity index (χ1) is 9.56. The number of hydrogen-bond acceptors (Lipinski definition) is 3. The van der Waals surface area contributed by atoms with Gasteiger partial charge in [0.25, 0.3) is 0 Å². The average Bonchev–Trinajstić information content (AvgIpc) is 2.80. The first-order valence-electron chi connectivity index (χ1n) is 6.37. The molecule has 0 aliphatic carbocycles. The van der Waals surface area contributed by atoms with E-state index in [0.29, 0.717) is 11.2 Å². The summed E-state index contributed by atoms with van der Waals surface area (Å²) in [5.74, 6) is 0.727. The SMILES string of the molecule is Cc1cccc(C)c1NC(=O)CNCc1ccc(Br)o1. The zero-order valence-electron chi connectivity index (χ0n) is 11.5. The number of halogens is 1. The van der Waals surface area contributed by atoms with Crippen LogP contribution in [0.5, 0.6) is 0 Å². The van der Waals surface area contributed by atoms with Gasteiger partial charge in [0.15, 0.2) is 4.67 Å². The van der Waals surface area contributed by atoms with Crippen molar-refractivity contribution >= 4 is 27.5 Å². The first kappa shape index (κ1) is 14.8. The summed E-state index contributed by atoms with van der Waals surface area (Å²) in [4.78, 5) is 11.9. The first-order valence-corrected chi connectivity index (χ1v) is 7.16. The molecule has 20 heavy (non-hydrogen) atoms. The van der Waals surface area contributed by atoms with Crippen molar-refractivity contribution < 1.29 is 9.21 Å². The summed E-state index contributed by atoms with van der Waals surface area (Å²) >= 11 is 3.24. The van der Waals surface area contributed by atoms with Crippen molar-refractivity contribution in [3.8, 4) is 0 Å². The predicted octanol–water partition coefficient (Wildman–Crippen LogP) is 3.39. The Labute approximate surface area is 126 Å². The molecule has 2 N–H and O–H groups in total. The molecule has 4 nitrogen and oxygen atoms in total. The van der Waals surface area contributed by atoms with E-state index in [-0.39, 0.29) is 12.5 Å². The third-order valence-electron chi connectivity index (χ3n) is 2.96. The molecule has 2 aromatic rings. The number of carbonyl (C=O) groups is 1. The number of rotatable bonds is 5. The molecular weight excluding hydrogens is 320 g/mol. The molecule has 0 radical (unpaired) electrons. The Hall–Kier alpha value is -1.59. The lowest BCUT2D eigenvalue weighted by molar-refractivity contribution is -0.115. The fourth-order valence-corrected chi connectivity index (χ4v) is 2.28. The van der Waals surface area contributed by atoms with E-state index in [0.717, 1.165) is 22.6 Å². The smallest absolute Gasteiger partial charge is 0.238 e. The molecule has 1 aromatic heterocycles. The molecule has 1 heterocycles. The number of anilines is 1. The maximum Gasteiger partial charge on any atom is 0.238 e. The number of aryl methyl sites for hydroxylation is 2. The van der Waals surface area contributed by atoms with Crippen LogP contribution in [-0.4, -0.2) is 12.5 Å². The minimum atomic E-state index is -0.0620. The standard InChI is InChI=1S/C15H17BrN2O2/c1-10-4-3-5-11(2)15(10)18-14(19)9-17-8-12-6-7-13(16)20-12/h3-7,17H,8-9H2,1-2H3,(H,18,19). The van der Waals surface area contributed by atoms with Crippen LogP contribution in [0.2, 0.25) is 0 Å². The molecule has 2 rings (SSSR count). The van der Waals surface area contributed by atoms with Crippen LogP contribution < -0.4 is 10.6 Å². The molecule has 0 aliphatic rings. The van der Waals surface area contributed by atoms with Gasteiger partial charge in [0, 0.05) is 5.69 Å². The van der Waals surface area contributed by atoms with Crippen molar-refractivity contribution in [2.45, 2.75) is 20.4 Å². The van der Waals surface area contributed by atoms with E-state index in [4.69, 9.17) is 4.42 Å². The van der Waals surface area contributed by atoms with E-state index in [1.54, 1.807) is 0 Å². The zero-order chi connectivity index (χ0) is 14.5. The van der Waals surface area contributed by atoms with E-state index >= 15 is 0 Å². The lowest BCUT2D eigenvalue weighted by Crippen LogP contribution is -2.28. The number of para-hydroxylation sites is 1. The second kappa shape index (κ2) is 6.72. The normalized spacial score (nSPS) is 10.6. The largest absolute Gasteiger partial charge is 0.453 e. The maximum absolute atomic E-state index is 11.9. The van der Waals surface area contributed by atoms with Gasteiger partial charge in [-0.05, 0) is 53.0 Å². The number of nitrogens with one attached hydrogen (secondary N) is 2. The van der Waals surface area contributed by atoms with Gasteiger partial charge in [0.05, 0.1) is 13.1 Å². The van der Waals surface area contributed by atoms with Crippen LogP contribution in [0, 0.1) is 13.8 Å². The fourth-order valence-electron chi connectivity index (χ4n) is 1.94. The minimum absolute atomic E-state index is 0.0620. The summed E-state index contributed by atoms with van der Waals surface area (Å²) in [6.45, 7) is 4.73. The van der Waals surface area contributed by atoms with Gasteiger partial charge in [0.2, 0.25) is 5.91 Å². The van der Waals surface area contributed by atoms with E-state index < -0.39 is 0 Å². The Balaban J connectivity index is 1.84. The summed E-state index contributed by atoms with van der Waals surface area (Å²) in [5, 5.41) is 5.98. The van der Waals surface area contributed by atoms with Crippen LogP contribution in [0.25, 0.3) is 0 Å². The van der Waals surface area contributed by atoms with Crippen molar-refractivity contribution in [3.05, 3.63) is 51.9 Å². The summed E-state index contributed by atoms with van der Waals surface area (Å²) < 4.78 is 6.03. The number of carbonyl (C=O) groups excluding carboxylic acids is 1. The Morgan fingerprint density at radius 1 is 1.20 bits per heavy atom. The highest BCUT2D eigenvalue weighted by Gasteiger charge is 2.07. The Morgan fingerprint density at radius 2 is 1.90 bits per heavy atom. The van der Waals surface area contributed by atoms with Crippen molar-refractivity contribution in [3.63, 3.8) is 0 Å². The molecular formula is C15H17BrN2O2. The molecule has 0 spiro atoms. The fraction of sp³-hybridized carbons (Fsp3) is 0.267. The minimum Gasteiger partial charge on any atom is -0.453 e. The maximum atomic E-state index is 11.9. The third kappa shape index (κ3) is 3.95. The Bertz CT molecular complexity index is 587. The van der Waals surface area contributed by atoms with E-state index in [2.05, 4.69) is 26.6 Å². The van der Waals surface area contributed by atoms with Gasteiger partial charge in [-0.1, -0.05) is 18.2 Å². The highest BCUT2D eigenvalue weighted by molar-refractivity contribution is 9.10. The summed E-state index contributed by atoms with van der Waals surface area (Å²) in [5.41, 5.74) is 3.02. The van der Waals surface area contributed by atoms with Crippen LogP contribution >= 0.6 is 15.9 Å². The molecule has 0 saturated heterocycles. The quantitative estimate of drug-likeness (QED) is 0.879. The van der Waals surface area contributed by atoms with E-state index in [9.17, 15) is 4.79 Å². The number of hydrogen-bond donors (Lipinski definition) is 2. The molecule has 1 aromatic carbocycles. The molecule has 106 valence electrons. The molecule has 1 amide bonds. The van der Waals surface area contributed by atoms with Gasteiger partial charge in [-0.25, -0.2) is 0 Å². The van der Waals surface area contributed by atoms with Crippen molar-refractivity contribution in [1.82, 2.24) is 5.32 Å². The third-order valence-corrected chi connectivity index (χ3v) is 3.39. The van der Waals surface area contributed by atoms with Crippen molar-refractivity contribution in [2.24, 2.45) is 0 Å². The average molecular weight is 337 g/mol. The van der Waals surface area contributed by atoms with Crippen LogP contribution in [-0.2, 0) is 11.3 Å². The highest BCUT2D eigenvalue weighted by atomic mass is 79.9. The van der Waals surface area contributed by atoms with Gasteiger partial charge < -0.3 is 15.1 Å². The van der Waals surface area contributed by atoms with Crippen LogP contribution in [0.15, 0.2) is 39.4 Å². The van der Waals surface area contributed by atoms with E-state index in [1.165, 1.54) is 0 Å². The molecule has 5 heteroatoms. The number of benzene rings is 1. The van der Waals surface area contributed by atoms with Crippen LogP contribution in [0.4, 0.5) is 5.69 Å². The highest BCUT2D eigenvalue weighted by Crippen LogP contribution is 2.19. The van der Waals surface area contributed by atoms with Crippen LogP contribution in [0.3, 0.4) is 0 Å². The van der Waals surface area contributed by atoms with Gasteiger partial charge in [-0.3, -0.25) is 4.79 Å². The second-order valence-corrected chi connectivity index (χ2v) is 5.41. The lowest BCUT2D eigenvalue weighted by atomic mass is 10.1. The number of amides is 1. The van der Waals surface area contributed by atoms with Crippen LogP contribution in [0.1, 0.15) is 16.9 Å². The molecule has 0 bridgehead atoms. The lowest BCUT2D eigenvalue weighted by Gasteiger charge is -2.11. The molecule has 0 saturated carbocycles. The molecule has 0 unspecified atom stereocenters. The second-order valence-electron chi connectivity index (χ2n) is 4.62. The Morgan fingerprint density at radius 3 is 2.50 bits per heavy atom. The van der Waals surface area contributed by atoms with Gasteiger partial charge >= 0.3 is 0 Å². The van der Waals surface area contributed by atoms with Gasteiger partial charge in [0.1, 0.15) is 5.76 Å². The Kier molecular flexibility index (Phi) is 4.98. The summed E-state index contributed by atoms with van der Waals surface area (Å²) in [6.07, 6.45) is 0. The molecule has 0 aliphatic heterocycles. The van der Waals surface area contributed by atoms with E-state index in [1.807, 2.05) is 44.2 Å². The monoisotopic (exact) mass is 336 g/mol. The van der Waals surface area contributed by atoms with Crippen molar-refractivity contribution in [1.29, 1.82) is 0 Å². The van der Waals surface area contributed by atoms with Crippen molar-refractivity contribution in [2.75, 3.05) is 11.9 Å². The number of furan rings is 1. The molecule has 0 atom stereocenters. The summed E-state index contributed by atoms with van der Waals surface area (Å²) in [6, 6.07) is 9.63. The zero-order valence-corrected chi connectivity index (χ0v) is 13.1. The van der Waals surface area contributed by atoms with Gasteiger partial charge in [-0.2, -0.15) is 0 Å². The molecule has 0 fully saturated rings.